The summed E-state index contributed by atoms with van der Waals surface area (Å²) in [4.78, 5) is 9.58. The summed E-state index contributed by atoms with van der Waals surface area (Å²) in [7, 11) is -4.42. The van der Waals surface area contributed by atoms with E-state index in [4.69, 9.17) is 13.8 Å². The van der Waals surface area contributed by atoms with Crippen LogP contribution < -0.4 is 0 Å². The zero-order chi connectivity index (χ0) is 17.0. The Labute approximate surface area is 132 Å². The van der Waals surface area contributed by atoms with Crippen LogP contribution in [-0.4, -0.2) is 62.6 Å². The summed E-state index contributed by atoms with van der Waals surface area (Å²) >= 11 is 0. The van der Waals surface area contributed by atoms with Crippen LogP contribution in [0.1, 0.15) is 5.56 Å². The average Bonchev–Trinajstić information content (AvgIpc) is 2.54. The molecule has 0 amide bonds. The predicted molar refractivity (Wildman–Crippen MR) is 75.9 cm³/mol. The summed E-state index contributed by atoms with van der Waals surface area (Å²) in [6.45, 7) is -0.781. The highest BCUT2D eigenvalue weighted by atomic mass is 31.2. The fourth-order valence-corrected chi connectivity index (χ4v) is 2.73. The first-order chi connectivity index (χ1) is 10.8. The lowest BCUT2D eigenvalue weighted by atomic mass is 10.00. The molecule has 0 spiro atoms. The fourth-order valence-electron chi connectivity index (χ4n) is 2.00. The predicted octanol–water partition coefficient (Wildman–Crippen LogP) is -0.880. The van der Waals surface area contributed by atoms with Gasteiger partial charge in [0.15, 0.2) is 6.29 Å². The standard InChI is InChI=1S/C13H19O9P/c14-10-9(22-13(17)12(16)11(10)15)7-21-23(18,19)20-6-8-4-2-1-3-5-8/h1-5,9-17H,6-7H2,(H,18,19)/t9-,10-,11+,12+,13?/m1/s1. The van der Waals surface area contributed by atoms with Crippen molar-refractivity contribution in [1.29, 1.82) is 0 Å². The van der Waals surface area contributed by atoms with Crippen LogP contribution in [-0.2, 0) is 25.0 Å². The van der Waals surface area contributed by atoms with Gasteiger partial charge in [0.05, 0.1) is 13.2 Å². The Kier molecular flexibility index (Phi) is 6.26. The molecule has 5 N–H and O–H groups in total. The van der Waals surface area contributed by atoms with Crippen LogP contribution in [0.3, 0.4) is 0 Å². The van der Waals surface area contributed by atoms with E-state index < -0.39 is 45.1 Å². The lowest BCUT2D eigenvalue weighted by Crippen LogP contribution is -2.58. The number of hydrogen-bond donors (Lipinski definition) is 5. The largest absolute Gasteiger partial charge is 0.472 e. The molecule has 1 aliphatic heterocycles. The van der Waals surface area contributed by atoms with Crippen molar-refractivity contribution in [3.63, 3.8) is 0 Å². The Morgan fingerprint density at radius 3 is 2.30 bits per heavy atom. The van der Waals surface area contributed by atoms with Gasteiger partial charge in [-0.25, -0.2) is 4.57 Å². The van der Waals surface area contributed by atoms with E-state index in [1.807, 2.05) is 0 Å². The Hall–Kier alpha value is -0.870. The third-order valence-electron chi connectivity index (χ3n) is 3.33. The van der Waals surface area contributed by atoms with Crippen LogP contribution in [0.15, 0.2) is 30.3 Å². The molecule has 1 aliphatic rings. The maximum atomic E-state index is 11.8. The summed E-state index contributed by atoms with van der Waals surface area (Å²) in [5.74, 6) is 0. The molecule has 6 atom stereocenters. The summed E-state index contributed by atoms with van der Waals surface area (Å²) in [6, 6.07) is 8.65. The first-order valence-electron chi connectivity index (χ1n) is 6.84. The van der Waals surface area contributed by atoms with Crippen molar-refractivity contribution in [1.82, 2.24) is 0 Å². The molecule has 0 aliphatic carbocycles. The van der Waals surface area contributed by atoms with E-state index >= 15 is 0 Å². The van der Waals surface area contributed by atoms with E-state index in [1.54, 1.807) is 30.3 Å². The molecule has 1 heterocycles. The molecular formula is C13H19O9P. The van der Waals surface area contributed by atoms with Gasteiger partial charge in [0.2, 0.25) is 0 Å². The number of ether oxygens (including phenoxy) is 1. The zero-order valence-corrected chi connectivity index (χ0v) is 12.9. The molecule has 10 heteroatoms. The SMILES string of the molecule is O=P(O)(OCc1ccccc1)OC[C@H]1OC(O)[C@@H](O)[C@@H](O)[C@@H]1O. The summed E-state index contributed by atoms with van der Waals surface area (Å²) < 4.78 is 26.1. The zero-order valence-electron chi connectivity index (χ0n) is 12.0. The summed E-state index contributed by atoms with van der Waals surface area (Å²) in [5, 5.41) is 37.9. The van der Waals surface area contributed by atoms with Crippen molar-refractivity contribution < 1.29 is 43.7 Å². The van der Waals surface area contributed by atoms with Gasteiger partial charge in [-0.15, -0.1) is 0 Å². The average molecular weight is 350 g/mol. The van der Waals surface area contributed by atoms with Crippen LogP contribution >= 0.6 is 7.82 Å². The minimum Gasteiger partial charge on any atom is -0.387 e. The van der Waals surface area contributed by atoms with E-state index in [-0.39, 0.29) is 6.61 Å². The van der Waals surface area contributed by atoms with Gasteiger partial charge in [-0.3, -0.25) is 9.05 Å². The van der Waals surface area contributed by atoms with E-state index in [9.17, 15) is 29.9 Å². The van der Waals surface area contributed by atoms with Crippen molar-refractivity contribution in [2.24, 2.45) is 0 Å². The highest BCUT2D eigenvalue weighted by molar-refractivity contribution is 7.47. The van der Waals surface area contributed by atoms with Crippen LogP contribution in [0.4, 0.5) is 0 Å². The van der Waals surface area contributed by atoms with Gasteiger partial charge < -0.3 is 30.1 Å². The molecule has 1 aromatic rings. The van der Waals surface area contributed by atoms with E-state index in [1.165, 1.54) is 0 Å². The van der Waals surface area contributed by atoms with Crippen molar-refractivity contribution in [3.05, 3.63) is 35.9 Å². The number of hydrogen-bond acceptors (Lipinski definition) is 8. The van der Waals surface area contributed by atoms with E-state index in [0.717, 1.165) is 0 Å². The minimum absolute atomic E-state index is 0.160. The quantitative estimate of drug-likeness (QED) is 0.413. The Morgan fingerprint density at radius 1 is 1.00 bits per heavy atom. The molecule has 2 unspecified atom stereocenters. The number of phosphoric acid groups is 1. The molecule has 1 aromatic carbocycles. The van der Waals surface area contributed by atoms with Crippen molar-refractivity contribution in [2.45, 2.75) is 37.3 Å². The van der Waals surface area contributed by atoms with Gasteiger partial charge in [-0.05, 0) is 5.56 Å². The summed E-state index contributed by atoms with van der Waals surface area (Å²) in [6.07, 6.45) is -8.00. The Balaban J connectivity index is 1.85. The lowest BCUT2D eigenvalue weighted by molar-refractivity contribution is -0.285. The normalized spacial score (nSPS) is 34.0. The second-order valence-corrected chi connectivity index (χ2v) is 6.51. The fraction of sp³-hybridized carbons (Fsp3) is 0.538. The van der Waals surface area contributed by atoms with Crippen molar-refractivity contribution >= 4 is 7.82 Å². The van der Waals surface area contributed by atoms with Crippen LogP contribution in [0.5, 0.6) is 0 Å². The molecule has 1 saturated heterocycles. The second kappa shape index (κ2) is 7.80. The maximum absolute atomic E-state index is 11.8. The van der Waals surface area contributed by atoms with Crippen molar-refractivity contribution in [2.75, 3.05) is 6.61 Å². The Morgan fingerprint density at radius 2 is 1.65 bits per heavy atom. The van der Waals surface area contributed by atoms with E-state index in [0.29, 0.717) is 5.56 Å². The van der Waals surface area contributed by atoms with Crippen LogP contribution in [0.2, 0.25) is 0 Å². The molecule has 1 fully saturated rings. The molecule has 23 heavy (non-hydrogen) atoms. The molecule has 9 nitrogen and oxygen atoms in total. The Bertz CT molecular complexity index is 540. The van der Waals surface area contributed by atoms with Gasteiger partial charge in [0.1, 0.15) is 24.4 Å². The molecule has 0 saturated carbocycles. The smallest absolute Gasteiger partial charge is 0.387 e. The molecule has 2 rings (SSSR count). The van der Waals surface area contributed by atoms with Crippen molar-refractivity contribution in [3.8, 4) is 0 Å². The molecule has 0 radical (unpaired) electrons. The van der Waals surface area contributed by atoms with Gasteiger partial charge in [0, 0.05) is 0 Å². The van der Waals surface area contributed by atoms with Gasteiger partial charge in [0.25, 0.3) is 0 Å². The van der Waals surface area contributed by atoms with E-state index in [2.05, 4.69) is 0 Å². The monoisotopic (exact) mass is 350 g/mol. The third-order valence-corrected chi connectivity index (χ3v) is 4.26. The number of aliphatic hydroxyl groups excluding tert-OH is 4. The summed E-state index contributed by atoms with van der Waals surface area (Å²) in [5.41, 5.74) is 0.660. The molecule has 0 bridgehead atoms. The van der Waals surface area contributed by atoms with Crippen LogP contribution in [0.25, 0.3) is 0 Å². The number of benzene rings is 1. The second-order valence-electron chi connectivity index (χ2n) is 5.06. The molecule has 0 aromatic heterocycles. The first-order valence-corrected chi connectivity index (χ1v) is 8.33. The lowest BCUT2D eigenvalue weighted by Gasteiger charge is -2.38. The highest BCUT2D eigenvalue weighted by Crippen LogP contribution is 2.44. The van der Waals surface area contributed by atoms with Crippen LogP contribution in [0, 0.1) is 0 Å². The van der Waals surface area contributed by atoms with Gasteiger partial charge in [-0.1, -0.05) is 30.3 Å². The number of phosphoric ester groups is 1. The molecular weight excluding hydrogens is 331 g/mol. The number of aliphatic hydroxyl groups is 4. The third kappa shape index (κ3) is 5.05. The highest BCUT2D eigenvalue weighted by Gasteiger charge is 2.43. The number of rotatable bonds is 6. The maximum Gasteiger partial charge on any atom is 0.472 e. The first kappa shape index (κ1) is 18.5. The van der Waals surface area contributed by atoms with Gasteiger partial charge in [-0.2, -0.15) is 0 Å². The molecule has 130 valence electrons. The van der Waals surface area contributed by atoms with Gasteiger partial charge >= 0.3 is 7.82 Å². The topological polar surface area (TPSA) is 146 Å². The minimum atomic E-state index is -4.42.